The Hall–Kier alpha value is -1.68. The van der Waals surface area contributed by atoms with E-state index in [0.717, 1.165) is 15.8 Å². The van der Waals surface area contributed by atoms with E-state index in [4.69, 9.17) is 10.5 Å². The molecule has 0 aliphatic carbocycles. The summed E-state index contributed by atoms with van der Waals surface area (Å²) in [5, 5.41) is 3.32. The molecule has 0 amide bonds. The van der Waals surface area contributed by atoms with Gasteiger partial charge in [-0.1, -0.05) is 22.0 Å². The highest BCUT2D eigenvalue weighted by molar-refractivity contribution is 9.10. The standard InChI is InChI=1S/C15H17BrN2O/c1-10(2)19-15-9-13(6-7-14(15)17)18-12-5-3-4-11(16)8-12/h3-10,18H,17H2,1-2H3. The minimum absolute atomic E-state index is 0.100. The summed E-state index contributed by atoms with van der Waals surface area (Å²) in [6.07, 6.45) is 0.100. The Morgan fingerprint density at radius 1 is 1.11 bits per heavy atom. The molecule has 0 unspecified atom stereocenters. The van der Waals surface area contributed by atoms with Crippen LogP contribution in [0.15, 0.2) is 46.9 Å². The Bertz CT molecular complexity index is 570. The molecule has 0 spiro atoms. The van der Waals surface area contributed by atoms with Crippen LogP contribution in [0.3, 0.4) is 0 Å². The first-order valence-corrected chi connectivity index (χ1v) is 6.92. The predicted molar refractivity (Wildman–Crippen MR) is 84.0 cm³/mol. The number of nitrogens with two attached hydrogens (primary N) is 1. The number of anilines is 3. The first kappa shape index (κ1) is 13.7. The highest BCUT2D eigenvalue weighted by atomic mass is 79.9. The van der Waals surface area contributed by atoms with Crippen molar-refractivity contribution in [3.05, 3.63) is 46.9 Å². The highest BCUT2D eigenvalue weighted by Crippen LogP contribution is 2.28. The topological polar surface area (TPSA) is 47.3 Å². The van der Waals surface area contributed by atoms with Gasteiger partial charge in [-0.3, -0.25) is 0 Å². The third-order valence-electron chi connectivity index (χ3n) is 2.49. The Morgan fingerprint density at radius 2 is 1.84 bits per heavy atom. The van der Waals surface area contributed by atoms with Crippen molar-refractivity contribution in [1.82, 2.24) is 0 Å². The van der Waals surface area contributed by atoms with Crippen molar-refractivity contribution in [3.63, 3.8) is 0 Å². The second-order valence-electron chi connectivity index (χ2n) is 4.55. The van der Waals surface area contributed by atoms with Gasteiger partial charge in [0, 0.05) is 21.9 Å². The van der Waals surface area contributed by atoms with E-state index in [1.54, 1.807) is 0 Å². The molecule has 0 radical (unpaired) electrons. The molecular formula is C15H17BrN2O. The van der Waals surface area contributed by atoms with Gasteiger partial charge in [0.15, 0.2) is 0 Å². The van der Waals surface area contributed by atoms with Gasteiger partial charge in [-0.05, 0) is 44.2 Å². The fourth-order valence-corrected chi connectivity index (χ4v) is 2.10. The predicted octanol–water partition coefficient (Wildman–Crippen LogP) is 4.56. The van der Waals surface area contributed by atoms with Gasteiger partial charge in [-0.2, -0.15) is 0 Å². The lowest BCUT2D eigenvalue weighted by molar-refractivity contribution is 0.244. The van der Waals surface area contributed by atoms with Crippen LogP contribution in [0.4, 0.5) is 17.1 Å². The molecule has 4 heteroatoms. The minimum Gasteiger partial charge on any atom is -0.489 e. The molecule has 0 fully saturated rings. The molecule has 0 saturated heterocycles. The van der Waals surface area contributed by atoms with E-state index in [1.165, 1.54) is 0 Å². The van der Waals surface area contributed by atoms with Crippen LogP contribution in [0, 0.1) is 0 Å². The van der Waals surface area contributed by atoms with E-state index in [-0.39, 0.29) is 6.10 Å². The van der Waals surface area contributed by atoms with Crippen molar-refractivity contribution < 1.29 is 4.74 Å². The van der Waals surface area contributed by atoms with Gasteiger partial charge >= 0.3 is 0 Å². The number of halogens is 1. The number of ether oxygens (including phenoxy) is 1. The average molecular weight is 321 g/mol. The number of hydrogen-bond acceptors (Lipinski definition) is 3. The molecule has 2 rings (SSSR count). The van der Waals surface area contributed by atoms with Crippen molar-refractivity contribution in [1.29, 1.82) is 0 Å². The molecule has 0 aliphatic heterocycles. The Labute approximate surface area is 121 Å². The van der Waals surface area contributed by atoms with Crippen molar-refractivity contribution in [3.8, 4) is 5.75 Å². The Kier molecular flexibility index (Phi) is 4.32. The second kappa shape index (κ2) is 5.97. The van der Waals surface area contributed by atoms with Crippen molar-refractivity contribution >= 4 is 33.0 Å². The molecule has 0 bridgehead atoms. The van der Waals surface area contributed by atoms with E-state index >= 15 is 0 Å². The molecule has 0 heterocycles. The monoisotopic (exact) mass is 320 g/mol. The maximum atomic E-state index is 5.89. The van der Waals surface area contributed by atoms with E-state index in [1.807, 2.05) is 56.3 Å². The number of benzene rings is 2. The average Bonchev–Trinajstić information content (AvgIpc) is 2.33. The molecule has 2 aromatic carbocycles. The van der Waals surface area contributed by atoms with Crippen LogP contribution in [-0.2, 0) is 0 Å². The molecule has 3 nitrogen and oxygen atoms in total. The van der Waals surface area contributed by atoms with Gasteiger partial charge < -0.3 is 15.8 Å². The van der Waals surface area contributed by atoms with Gasteiger partial charge in [-0.25, -0.2) is 0 Å². The fraction of sp³-hybridized carbons (Fsp3) is 0.200. The first-order valence-electron chi connectivity index (χ1n) is 6.13. The molecule has 0 aliphatic rings. The summed E-state index contributed by atoms with van der Waals surface area (Å²) in [6, 6.07) is 13.7. The molecule has 3 N–H and O–H groups in total. The van der Waals surface area contributed by atoms with Crippen LogP contribution in [0.1, 0.15) is 13.8 Å². The molecule has 19 heavy (non-hydrogen) atoms. The summed E-state index contributed by atoms with van der Waals surface area (Å²) < 4.78 is 6.71. The largest absolute Gasteiger partial charge is 0.489 e. The van der Waals surface area contributed by atoms with Gasteiger partial charge in [0.2, 0.25) is 0 Å². The lowest BCUT2D eigenvalue weighted by Gasteiger charge is -2.14. The van der Waals surface area contributed by atoms with Gasteiger partial charge in [0.25, 0.3) is 0 Å². The van der Waals surface area contributed by atoms with Gasteiger partial charge in [0.05, 0.1) is 11.8 Å². The van der Waals surface area contributed by atoms with Gasteiger partial charge in [-0.15, -0.1) is 0 Å². The van der Waals surface area contributed by atoms with E-state index in [0.29, 0.717) is 11.4 Å². The first-order chi connectivity index (χ1) is 9.04. The number of nitrogen functional groups attached to an aromatic ring is 1. The Morgan fingerprint density at radius 3 is 2.53 bits per heavy atom. The van der Waals surface area contributed by atoms with E-state index in [9.17, 15) is 0 Å². The van der Waals surface area contributed by atoms with Crippen molar-refractivity contribution in [2.75, 3.05) is 11.1 Å². The highest BCUT2D eigenvalue weighted by Gasteiger charge is 2.05. The molecule has 0 saturated carbocycles. The lowest BCUT2D eigenvalue weighted by atomic mass is 10.2. The maximum Gasteiger partial charge on any atom is 0.144 e. The summed E-state index contributed by atoms with van der Waals surface area (Å²) in [7, 11) is 0. The molecule has 2 aromatic rings. The summed E-state index contributed by atoms with van der Waals surface area (Å²) in [6.45, 7) is 3.96. The van der Waals surface area contributed by atoms with Crippen LogP contribution in [0.2, 0.25) is 0 Å². The smallest absolute Gasteiger partial charge is 0.144 e. The summed E-state index contributed by atoms with van der Waals surface area (Å²) >= 11 is 3.45. The summed E-state index contributed by atoms with van der Waals surface area (Å²) in [5.41, 5.74) is 8.50. The Balaban J connectivity index is 2.21. The number of hydrogen-bond donors (Lipinski definition) is 2. The normalized spacial score (nSPS) is 10.5. The third-order valence-corrected chi connectivity index (χ3v) is 2.98. The lowest BCUT2D eigenvalue weighted by Crippen LogP contribution is -2.07. The van der Waals surface area contributed by atoms with Crippen molar-refractivity contribution in [2.45, 2.75) is 20.0 Å². The number of rotatable bonds is 4. The fourth-order valence-electron chi connectivity index (χ4n) is 1.70. The zero-order valence-corrected chi connectivity index (χ0v) is 12.6. The van der Waals surface area contributed by atoms with Crippen LogP contribution < -0.4 is 15.8 Å². The summed E-state index contributed by atoms with van der Waals surface area (Å²) in [4.78, 5) is 0. The third kappa shape index (κ3) is 3.89. The van der Waals surface area contributed by atoms with Crippen LogP contribution in [0.25, 0.3) is 0 Å². The van der Waals surface area contributed by atoms with Crippen LogP contribution in [-0.4, -0.2) is 6.10 Å². The molecule has 0 aromatic heterocycles. The zero-order valence-electron chi connectivity index (χ0n) is 11.0. The molecule has 100 valence electrons. The quantitative estimate of drug-likeness (QED) is 0.812. The van der Waals surface area contributed by atoms with E-state index < -0.39 is 0 Å². The van der Waals surface area contributed by atoms with E-state index in [2.05, 4.69) is 21.2 Å². The summed E-state index contributed by atoms with van der Waals surface area (Å²) in [5.74, 6) is 0.704. The second-order valence-corrected chi connectivity index (χ2v) is 5.47. The maximum absolute atomic E-state index is 5.89. The SMILES string of the molecule is CC(C)Oc1cc(Nc2cccc(Br)c2)ccc1N. The zero-order chi connectivity index (χ0) is 13.8. The van der Waals surface area contributed by atoms with Crippen molar-refractivity contribution in [2.24, 2.45) is 0 Å². The van der Waals surface area contributed by atoms with Crippen LogP contribution in [0.5, 0.6) is 5.75 Å². The number of nitrogens with one attached hydrogen (secondary N) is 1. The minimum atomic E-state index is 0.100. The van der Waals surface area contributed by atoms with Gasteiger partial charge in [0.1, 0.15) is 5.75 Å². The molecular weight excluding hydrogens is 304 g/mol. The molecule has 0 atom stereocenters. The van der Waals surface area contributed by atoms with Crippen LogP contribution >= 0.6 is 15.9 Å².